The van der Waals surface area contributed by atoms with E-state index in [0.29, 0.717) is 0 Å². The van der Waals surface area contributed by atoms with Crippen LogP contribution < -0.4 is 14.8 Å². The SMILES string of the molecule is CCCCNc1ccc(/C=C/c2cc(OC)cc(OC)c2)cc1. The zero-order chi connectivity index (χ0) is 16.5. The van der Waals surface area contributed by atoms with E-state index in [-0.39, 0.29) is 0 Å². The first-order valence-electron chi connectivity index (χ1n) is 8.00. The van der Waals surface area contributed by atoms with E-state index < -0.39 is 0 Å². The summed E-state index contributed by atoms with van der Waals surface area (Å²) in [4.78, 5) is 0. The highest BCUT2D eigenvalue weighted by molar-refractivity contribution is 5.71. The van der Waals surface area contributed by atoms with Crippen LogP contribution in [0.4, 0.5) is 5.69 Å². The number of benzene rings is 2. The largest absolute Gasteiger partial charge is 0.497 e. The van der Waals surface area contributed by atoms with Crippen molar-refractivity contribution in [1.29, 1.82) is 0 Å². The Hall–Kier alpha value is -2.42. The zero-order valence-corrected chi connectivity index (χ0v) is 14.1. The third-order valence-corrected chi connectivity index (χ3v) is 3.61. The Morgan fingerprint density at radius 1 is 0.870 bits per heavy atom. The van der Waals surface area contributed by atoms with Crippen LogP contribution >= 0.6 is 0 Å². The first-order chi connectivity index (χ1) is 11.2. The second-order valence-corrected chi connectivity index (χ2v) is 5.38. The third kappa shape index (κ3) is 5.37. The van der Waals surface area contributed by atoms with Gasteiger partial charge in [0.25, 0.3) is 0 Å². The monoisotopic (exact) mass is 311 g/mol. The predicted octanol–water partition coefficient (Wildman–Crippen LogP) is 5.09. The molecule has 3 nitrogen and oxygen atoms in total. The minimum atomic E-state index is 0.791. The molecule has 0 unspecified atom stereocenters. The molecule has 2 rings (SSSR count). The van der Waals surface area contributed by atoms with Gasteiger partial charge in [-0.15, -0.1) is 0 Å². The molecule has 0 aliphatic carbocycles. The number of methoxy groups -OCH3 is 2. The molecule has 0 aliphatic rings. The van der Waals surface area contributed by atoms with Crippen LogP contribution in [0.25, 0.3) is 12.2 Å². The average molecular weight is 311 g/mol. The second-order valence-electron chi connectivity index (χ2n) is 5.38. The van der Waals surface area contributed by atoms with Gasteiger partial charge in [-0.2, -0.15) is 0 Å². The fourth-order valence-electron chi connectivity index (χ4n) is 2.24. The number of ether oxygens (including phenoxy) is 2. The van der Waals surface area contributed by atoms with Gasteiger partial charge >= 0.3 is 0 Å². The molecule has 0 aromatic heterocycles. The summed E-state index contributed by atoms with van der Waals surface area (Å²) < 4.78 is 10.6. The van der Waals surface area contributed by atoms with E-state index in [0.717, 1.165) is 29.2 Å². The van der Waals surface area contributed by atoms with Crippen molar-refractivity contribution >= 4 is 17.8 Å². The lowest BCUT2D eigenvalue weighted by atomic mass is 10.1. The van der Waals surface area contributed by atoms with Crippen LogP contribution in [0.5, 0.6) is 11.5 Å². The molecule has 0 radical (unpaired) electrons. The molecular weight excluding hydrogens is 286 g/mol. The fraction of sp³-hybridized carbons (Fsp3) is 0.300. The van der Waals surface area contributed by atoms with Gasteiger partial charge in [0, 0.05) is 18.3 Å². The Morgan fingerprint density at radius 3 is 2.04 bits per heavy atom. The molecule has 2 aromatic carbocycles. The van der Waals surface area contributed by atoms with Crippen molar-refractivity contribution in [2.24, 2.45) is 0 Å². The second kappa shape index (κ2) is 8.89. The van der Waals surface area contributed by atoms with Gasteiger partial charge in [-0.1, -0.05) is 37.6 Å². The summed E-state index contributed by atoms with van der Waals surface area (Å²) in [5.74, 6) is 1.58. The van der Waals surface area contributed by atoms with Gasteiger partial charge in [-0.05, 0) is 41.8 Å². The molecule has 3 heteroatoms. The fourth-order valence-corrected chi connectivity index (χ4v) is 2.24. The molecule has 0 saturated heterocycles. The topological polar surface area (TPSA) is 30.5 Å². The van der Waals surface area contributed by atoms with E-state index >= 15 is 0 Å². The molecule has 0 bridgehead atoms. The maximum absolute atomic E-state index is 5.29. The van der Waals surface area contributed by atoms with Crippen LogP contribution in [0.15, 0.2) is 42.5 Å². The lowest BCUT2D eigenvalue weighted by Gasteiger charge is -2.06. The standard InChI is InChI=1S/C20H25NO2/c1-4-5-12-21-18-10-8-16(9-11-18)6-7-17-13-19(22-2)15-20(14-17)23-3/h6-11,13-15,21H,4-5,12H2,1-3H3/b7-6+. The third-order valence-electron chi connectivity index (χ3n) is 3.61. The Kier molecular flexibility index (Phi) is 6.55. The zero-order valence-electron chi connectivity index (χ0n) is 14.1. The average Bonchev–Trinajstić information content (AvgIpc) is 2.61. The van der Waals surface area contributed by atoms with Gasteiger partial charge in [0.1, 0.15) is 11.5 Å². The van der Waals surface area contributed by atoms with Crippen molar-refractivity contribution in [3.05, 3.63) is 53.6 Å². The molecule has 0 amide bonds. The quantitative estimate of drug-likeness (QED) is 0.544. The summed E-state index contributed by atoms with van der Waals surface area (Å²) in [5.41, 5.74) is 3.37. The van der Waals surface area contributed by atoms with Crippen LogP contribution in [-0.2, 0) is 0 Å². The van der Waals surface area contributed by atoms with Crippen LogP contribution in [0.3, 0.4) is 0 Å². The van der Waals surface area contributed by atoms with Gasteiger partial charge in [-0.25, -0.2) is 0 Å². The molecule has 1 N–H and O–H groups in total. The van der Waals surface area contributed by atoms with Crippen LogP contribution in [0, 0.1) is 0 Å². The summed E-state index contributed by atoms with van der Waals surface area (Å²) >= 11 is 0. The van der Waals surface area contributed by atoms with Crippen molar-refractivity contribution in [2.45, 2.75) is 19.8 Å². The van der Waals surface area contributed by atoms with Crippen LogP contribution in [-0.4, -0.2) is 20.8 Å². The van der Waals surface area contributed by atoms with E-state index in [9.17, 15) is 0 Å². The molecular formula is C20H25NO2. The van der Waals surface area contributed by atoms with E-state index in [2.05, 4.69) is 48.7 Å². The van der Waals surface area contributed by atoms with E-state index in [4.69, 9.17) is 9.47 Å². The number of rotatable bonds is 8. The van der Waals surface area contributed by atoms with E-state index in [1.54, 1.807) is 14.2 Å². The van der Waals surface area contributed by atoms with Crippen LogP contribution in [0.1, 0.15) is 30.9 Å². The molecule has 0 aliphatic heterocycles. The minimum absolute atomic E-state index is 0.791. The number of hydrogen-bond acceptors (Lipinski definition) is 3. The first kappa shape index (κ1) is 16.9. The Bertz CT molecular complexity index is 610. The molecule has 0 saturated carbocycles. The van der Waals surface area contributed by atoms with Gasteiger partial charge in [-0.3, -0.25) is 0 Å². The summed E-state index contributed by atoms with van der Waals surface area (Å²) in [6, 6.07) is 14.3. The number of nitrogens with one attached hydrogen (secondary N) is 1. The molecule has 0 fully saturated rings. The Labute approximate surface area is 138 Å². The molecule has 122 valence electrons. The summed E-state index contributed by atoms with van der Waals surface area (Å²) in [6.45, 7) is 3.22. The Balaban J connectivity index is 2.05. The van der Waals surface area contributed by atoms with E-state index in [1.165, 1.54) is 18.5 Å². The molecule has 0 atom stereocenters. The molecule has 23 heavy (non-hydrogen) atoms. The molecule has 2 aromatic rings. The maximum Gasteiger partial charge on any atom is 0.123 e. The van der Waals surface area contributed by atoms with Gasteiger partial charge < -0.3 is 14.8 Å². The summed E-state index contributed by atoms with van der Waals surface area (Å²) in [6.07, 6.45) is 6.55. The number of anilines is 1. The summed E-state index contributed by atoms with van der Waals surface area (Å²) in [5, 5.41) is 3.42. The number of unbranched alkanes of at least 4 members (excludes halogenated alkanes) is 1. The first-order valence-corrected chi connectivity index (χ1v) is 8.00. The molecule has 0 heterocycles. The van der Waals surface area contributed by atoms with Crippen LogP contribution in [0.2, 0.25) is 0 Å². The summed E-state index contributed by atoms with van der Waals surface area (Å²) in [7, 11) is 3.32. The molecule has 0 spiro atoms. The van der Waals surface area contributed by atoms with Crippen molar-refractivity contribution in [3.8, 4) is 11.5 Å². The lowest BCUT2D eigenvalue weighted by molar-refractivity contribution is 0.394. The van der Waals surface area contributed by atoms with Crippen molar-refractivity contribution < 1.29 is 9.47 Å². The lowest BCUT2D eigenvalue weighted by Crippen LogP contribution is -2.00. The normalized spacial score (nSPS) is 10.7. The number of hydrogen-bond donors (Lipinski definition) is 1. The van der Waals surface area contributed by atoms with Crippen molar-refractivity contribution in [1.82, 2.24) is 0 Å². The van der Waals surface area contributed by atoms with Gasteiger partial charge in [0.2, 0.25) is 0 Å². The van der Waals surface area contributed by atoms with E-state index in [1.807, 2.05) is 18.2 Å². The van der Waals surface area contributed by atoms with Gasteiger partial charge in [0.05, 0.1) is 14.2 Å². The highest BCUT2D eigenvalue weighted by atomic mass is 16.5. The Morgan fingerprint density at radius 2 is 1.48 bits per heavy atom. The smallest absolute Gasteiger partial charge is 0.123 e. The van der Waals surface area contributed by atoms with Crippen molar-refractivity contribution in [2.75, 3.05) is 26.1 Å². The predicted molar refractivity (Wildman–Crippen MR) is 98.3 cm³/mol. The maximum atomic E-state index is 5.29. The highest BCUT2D eigenvalue weighted by Crippen LogP contribution is 2.24. The van der Waals surface area contributed by atoms with Crippen molar-refractivity contribution in [3.63, 3.8) is 0 Å². The highest BCUT2D eigenvalue weighted by Gasteiger charge is 1.99. The van der Waals surface area contributed by atoms with Gasteiger partial charge in [0.15, 0.2) is 0 Å². The minimum Gasteiger partial charge on any atom is -0.497 e.